The molecule has 2 fully saturated rings. The number of rotatable bonds is 8. The number of fused-ring (bicyclic) bond motifs is 1. The molecular weight excluding hydrogens is 467 g/mol. The highest BCUT2D eigenvalue weighted by molar-refractivity contribution is 5.69. The van der Waals surface area contributed by atoms with E-state index in [0.29, 0.717) is 24.2 Å². The Bertz CT molecular complexity index is 1230. The van der Waals surface area contributed by atoms with Crippen LogP contribution in [0.3, 0.4) is 0 Å². The molecule has 0 saturated heterocycles. The Labute approximate surface area is 198 Å². The first kappa shape index (κ1) is 23.4. The number of hydrogen-bond acceptors (Lipinski definition) is 7. The van der Waals surface area contributed by atoms with Crippen molar-refractivity contribution < 1.29 is 27.4 Å². The van der Waals surface area contributed by atoms with Crippen LogP contribution in [0.2, 0.25) is 0 Å². The monoisotopic (exact) mass is 493 g/mol. The predicted octanol–water partition coefficient (Wildman–Crippen LogP) is 4.14. The average molecular weight is 493 g/mol. The van der Waals surface area contributed by atoms with Crippen LogP contribution in [0.1, 0.15) is 62.0 Å². The van der Waals surface area contributed by atoms with E-state index >= 15 is 4.39 Å². The van der Waals surface area contributed by atoms with Crippen molar-refractivity contribution in [2.75, 3.05) is 12.4 Å². The molecule has 0 spiro atoms. The number of imidazole rings is 1. The van der Waals surface area contributed by atoms with E-state index in [1.807, 2.05) is 6.92 Å². The number of carbonyl (C=O) groups excluding carboxylic acids is 1. The fraction of sp³-hybridized carbons (Fsp3) is 0.545. The molecule has 2 aliphatic carbocycles. The number of ether oxygens (including phenoxy) is 2. The first-order chi connectivity index (χ1) is 16.7. The number of aromatic amines is 1. The topological polar surface area (TPSA) is 118 Å². The first-order valence-electron chi connectivity index (χ1n) is 11.4. The molecule has 5 rings (SSSR count). The summed E-state index contributed by atoms with van der Waals surface area (Å²) in [6.07, 6.45) is -1.42. The van der Waals surface area contributed by atoms with Gasteiger partial charge in [-0.15, -0.1) is 0 Å². The van der Waals surface area contributed by atoms with Crippen LogP contribution in [-0.4, -0.2) is 55.6 Å². The number of anilines is 2. The Morgan fingerprint density at radius 3 is 2.83 bits per heavy atom. The summed E-state index contributed by atoms with van der Waals surface area (Å²) >= 11 is 0. The minimum Gasteiger partial charge on any atom is -0.443 e. The molecule has 13 heteroatoms. The fourth-order valence-electron chi connectivity index (χ4n) is 4.28. The molecule has 3 heterocycles. The average Bonchev–Trinajstić information content (AvgIpc) is 3.14. The summed E-state index contributed by atoms with van der Waals surface area (Å²) in [6, 6.07) is 2.80. The van der Waals surface area contributed by atoms with Gasteiger partial charge in [-0.25, -0.2) is 27.9 Å². The number of alkyl carbamates (subject to hydrolysis) is 1. The summed E-state index contributed by atoms with van der Waals surface area (Å²) in [5, 5.41) is 12.6. The van der Waals surface area contributed by atoms with Gasteiger partial charge in [0.05, 0.1) is 12.3 Å². The minimum absolute atomic E-state index is 0.0837. The van der Waals surface area contributed by atoms with Crippen LogP contribution in [0, 0.1) is 0 Å². The molecule has 1 amide bonds. The maximum absolute atomic E-state index is 15.1. The second-order valence-corrected chi connectivity index (χ2v) is 9.29. The lowest BCUT2D eigenvalue weighted by Gasteiger charge is -2.19. The smallest absolute Gasteiger partial charge is 0.407 e. The van der Waals surface area contributed by atoms with Crippen molar-refractivity contribution in [3.63, 3.8) is 0 Å². The van der Waals surface area contributed by atoms with Crippen LogP contribution in [0.4, 0.5) is 29.7 Å². The van der Waals surface area contributed by atoms with E-state index < -0.39 is 36.4 Å². The molecule has 3 N–H and O–H groups in total. The van der Waals surface area contributed by atoms with E-state index in [0.717, 1.165) is 12.8 Å². The zero-order valence-corrected chi connectivity index (χ0v) is 19.2. The molecule has 2 aliphatic rings. The molecule has 3 aromatic heterocycles. The molecular formula is C22H26F3N7O3. The van der Waals surface area contributed by atoms with Crippen LogP contribution in [-0.2, 0) is 16.1 Å². The zero-order chi connectivity index (χ0) is 24.7. The number of amides is 1. The summed E-state index contributed by atoms with van der Waals surface area (Å²) in [6.45, 7) is 2.12. The third-order valence-electron chi connectivity index (χ3n) is 6.44. The number of aromatic nitrogens is 5. The lowest BCUT2D eigenvalue weighted by Crippen LogP contribution is -2.38. The third kappa shape index (κ3) is 4.90. The SMILES string of the molecule is COCc1cn2c(Nc3cc([C@@H]4CC[C@H](OC(=O)NC5(C)CC5)[C@H]4F)[nH]n3)nc(C(F)F)cc2n1. The van der Waals surface area contributed by atoms with Gasteiger partial charge in [-0.1, -0.05) is 0 Å². The molecule has 2 saturated carbocycles. The predicted molar refractivity (Wildman–Crippen MR) is 118 cm³/mol. The Morgan fingerprint density at radius 1 is 1.31 bits per heavy atom. The number of carbonyl (C=O) groups is 1. The van der Waals surface area contributed by atoms with Gasteiger partial charge in [-0.2, -0.15) is 5.10 Å². The molecule has 0 bridgehead atoms. The van der Waals surface area contributed by atoms with E-state index in [1.54, 1.807) is 12.3 Å². The molecule has 3 aromatic rings. The molecule has 188 valence electrons. The maximum Gasteiger partial charge on any atom is 0.407 e. The molecule has 0 aromatic carbocycles. The van der Waals surface area contributed by atoms with Gasteiger partial charge in [0.25, 0.3) is 6.43 Å². The minimum atomic E-state index is -2.79. The zero-order valence-electron chi connectivity index (χ0n) is 19.2. The quantitative estimate of drug-likeness (QED) is 0.432. The number of nitrogens with zero attached hydrogens (tertiary/aromatic N) is 4. The highest BCUT2D eigenvalue weighted by atomic mass is 19.3. The van der Waals surface area contributed by atoms with Gasteiger partial charge in [-0.05, 0) is 32.6 Å². The third-order valence-corrected chi connectivity index (χ3v) is 6.44. The van der Waals surface area contributed by atoms with Crippen LogP contribution < -0.4 is 10.6 Å². The van der Waals surface area contributed by atoms with Gasteiger partial charge in [0.2, 0.25) is 5.95 Å². The Balaban J connectivity index is 1.30. The molecule has 0 unspecified atom stereocenters. The van der Waals surface area contributed by atoms with Crippen LogP contribution >= 0.6 is 0 Å². The Hall–Kier alpha value is -3.35. The summed E-state index contributed by atoms with van der Waals surface area (Å²) in [7, 11) is 1.51. The van der Waals surface area contributed by atoms with E-state index in [2.05, 4.69) is 30.8 Å². The van der Waals surface area contributed by atoms with Crippen LogP contribution in [0.5, 0.6) is 0 Å². The van der Waals surface area contributed by atoms with Crippen molar-refractivity contribution in [2.24, 2.45) is 0 Å². The fourth-order valence-corrected chi connectivity index (χ4v) is 4.28. The largest absolute Gasteiger partial charge is 0.443 e. The number of methoxy groups -OCH3 is 1. The second-order valence-electron chi connectivity index (χ2n) is 9.29. The van der Waals surface area contributed by atoms with E-state index in [1.165, 1.54) is 17.6 Å². The molecule has 0 radical (unpaired) electrons. The van der Waals surface area contributed by atoms with Crippen molar-refractivity contribution in [1.29, 1.82) is 0 Å². The summed E-state index contributed by atoms with van der Waals surface area (Å²) in [4.78, 5) is 20.4. The van der Waals surface area contributed by atoms with Gasteiger partial charge in [0.1, 0.15) is 23.6 Å². The highest BCUT2D eigenvalue weighted by Gasteiger charge is 2.43. The Morgan fingerprint density at radius 2 is 2.11 bits per heavy atom. The summed E-state index contributed by atoms with van der Waals surface area (Å²) in [5.41, 5.74) is 0.642. The van der Waals surface area contributed by atoms with Gasteiger partial charge in [0, 0.05) is 42.6 Å². The molecule has 35 heavy (non-hydrogen) atoms. The van der Waals surface area contributed by atoms with Crippen molar-refractivity contribution in [2.45, 2.75) is 69.4 Å². The lowest BCUT2D eigenvalue weighted by atomic mass is 10.0. The Kier molecular flexibility index (Phi) is 6.03. The van der Waals surface area contributed by atoms with Crippen molar-refractivity contribution in [3.8, 4) is 0 Å². The van der Waals surface area contributed by atoms with Crippen molar-refractivity contribution in [3.05, 3.63) is 35.4 Å². The first-order valence-corrected chi connectivity index (χ1v) is 11.4. The summed E-state index contributed by atoms with van der Waals surface area (Å²) in [5.74, 6) is -0.187. The van der Waals surface area contributed by atoms with Crippen molar-refractivity contribution >= 4 is 23.5 Å². The number of nitrogens with one attached hydrogen (secondary N) is 3. The lowest BCUT2D eigenvalue weighted by molar-refractivity contribution is 0.0546. The van der Waals surface area contributed by atoms with E-state index in [4.69, 9.17) is 9.47 Å². The van der Waals surface area contributed by atoms with Crippen molar-refractivity contribution in [1.82, 2.24) is 29.9 Å². The summed E-state index contributed by atoms with van der Waals surface area (Å²) < 4.78 is 53.8. The van der Waals surface area contributed by atoms with Gasteiger partial charge in [0.15, 0.2) is 5.82 Å². The van der Waals surface area contributed by atoms with Gasteiger partial charge >= 0.3 is 6.09 Å². The van der Waals surface area contributed by atoms with Gasteiger partial charge < -0.3 is 20.1 Å². The molecule has 10 nitrogen and oxygen atoms in total. The normalized spacial score (nSPS) is 23.1. The number of hydrogen-bond donors (Lipinski definition) is 3. The van der Waals surface area contributed by atoms with Crippen LogP contribution in [0.15, 0.2) is 18.3 Å². The standard InChI is InChI=1S/C22H26F3N7O3/c1-22(5-6-22)29-21(33)35-15-4-3-12(18(15)23)13-7-16(31-30-13)28-20-27-14(19(24)25)8-17-26-11(10-34-2)9-32(17)20/h7-9,12,15,18-19H,3-6,10H2,1-2H3,(H,29,33)(H2,27,28,30,31)/t12-,15-,18-/m0/s1. The van der Waals surface area contributed by atoms with Gasteiger partial charge in [-0.3, -0.25) is 9.50 Å². The highest BCUT2D eigenvalue weighted by Crippen LogP contribution is 2.39. The van der Waals surface area contributed by atoms with E-state index in [-0.39, 0.29) is 29.6 Å². The number of alkyl halides is 3. The number of H-pyrrole nitrogens is 1. The maximum atomic E-state index is 15.1. The molecule has 0 aliphatic heterocycles. The second kappa shape index (κ2) is 9.02. The van der Waals surface area contributed by atoms with Crippen LogP contribution in [0.25, 0.3) is 5.65 Å². The number of halogens is 3. The van der Waals surface area contributed by atoms with E-state index in [9.17, 15) is 13.6 Å². The molecule has 3 atom stereocenters.